The van der Waals surface area contributed by atoms with Gasteiger partial charge in [-0.05, 0) is 18.8 Å². The van der Waals surface area contributed by atoms with E-state index < -0.39 is 0 Å². The fourth-order valence-corrected chi connectivity index (χ4v) is 5.05. The van der Waals surface area contributed by atoms with Crippen molar-refractivity contribution >= 4 is 11.9 Å². The van der Waals surface area contributed by atoms with Crippen LogP contribution < -0.4 is 0 Å². The molecule has 0 bridgehead atoms. The lowest BCUT2D eigenvalue weighted by Gasteiger charge is -2.11. The normalized spacial score (nSPS) is 12.0. The highest BCUT2D eigenvalue weighted by Crippen LogP contribution is 2.19. The van der Waals surface area contributed by atoms with E-state index in [0.29, 0.717) is 12.8 Å². The van der Waals surface area contributed by atoms with Gasteiger partial charge in [0.15, 0.2) is 0 Å². The van der Waals surface area contributed by atoms with Crippen LogP contribution in [-0.2, 0) is 19.1 Å². The van der Waals surface area contributed by atoms with Crippen molar-refractivity contribution in [2.75, 3.05) is 14.2 Å². The van der Waals surface area contributed by atoms with Gasteiger partial charge in [0.05, 0.1) is 14.2 Å². The molecule has 0 aliphatic rings. The van der Waals surface area contributed by atoms with E-state index in [4.69, 9.17) is 0 Å². The van der Waals surface area contributed by atoms with Crippen molar-refractivity contribution in [2.24, 2.45) is 5.92 Å². The van der Waals surface area contributed by atoms with Crippen LogP contribution in [0.5, 0.6) is 0 Å². The number of ether oxygens (including phenoxy) is 2. The van der Waals surface area contributed by atoms with E-state index in [1.165, 1.54) is 143 Å². The number of carbonyl (C=O) groups is 2. The third-order valence-corrected chi connectivity index (χ3v) is 7.61. The maximum Gasteiger partial charge on any atom is 0.305 e. The molecule has 0 aromatic heterocycles. The van der Waals surface area contributed by atoms with Crippen LogP contribution in [0.2, 0.25) is 0 Å². The zero-order valence-electron chi connectivity index (χ0n) is 24.6. The van der Waals surface area contributed by atoms with Crippen LogP contribution in [0.3, 0.4) is 0 Å². The Labute approximate surface area is 225 Å². The SMILES string of the molecule is COC(=O)CCCCCCCCCCCCCC[C@H](C)CCCCCCCCCCCCC(=O)OC. The number of hydrogen-bond donors (Lipinski definition) is 0. The van der Waals surface area contributed by atoms with Crippen molar-refractivity contribution in [3.8, 4) is 0 Å². The number of unbranched alkanes of at least 4 members (excludes halogenated alkanes) is 20. The lowest BCUT2D eigenvalue weighted by molar-refractivity contribution is -0.141. The zero-order chi connectivity index (χ0) is 26.5. The third-order valence-electron chi connectivity index (χ3n) is 7.61. The molecule has 0 amide bonds. The van der Waals surface area contributed by atoms with Gasteiger partial charge < -0.3 is 9.47 Å². The van der Waals surface area contributed by atoms with Gasteiger partial charge in [-0.15, -0.1) is 0 Å². The minimum Gasteiger partial charge on any atom is -0.469 e. The smallest absolute Gasteiger partial charge is 0.305 e. The van der Waals surface area contributed by atoms with Gasteiger partial charge in [-0.3, -0.25) is 9.59 Å². The Morgan fingerprint density at radius 1 is 0.417 bits per heavy atom. The first-order valence-electron chi connectivity index (χ1n) is 15.7. The summed E-state index contributed by atoms with van der Waals surface area (Å²) in [6.45, 7) is 2.45. The first-order valence-corrected chi connectivity index (χ1v) is 15.7. The molecule has 214 valence electrons. The van der Waals surface area contributed by atoms with E-state index in [1.807, 2.05) is 0 Å². The summed E-state index contributed by atoms with van der Waals surface area (Å²) in [6, 6.07) is 0. The van der Waals surface area contributed by atoms with Gasteiger partial charge >= 0.3 is 11.9 Å². The quantitative estimate of drug-likeness (QED) is 0.0776. The molecule has 0 aliphatic heterocycles. The molecule has 0 saturated heterocycles. The lowest BCUT2D eigenvalue weighted by atomic mass is 9.95. The molecule has 0 spiro atoms. The molecule has 0 aromatic rings. The van der Waals surface area contributed by atoms with Gasteiger partial charge in [0, 0.05) is 12.8 Å². The standard InChI is InChI=1S/C32H62O4/c1-30(27-23-19-15-11-8-9-13-17-21-25-29-32(34)36-3)26-22-18-14-10-6-4-5-7-12-16-20-24-28-31(33)35-2/h30H,4-29H2,1-3H3/t30-/m0/s1. The molecule has 4 nitrogen and oxygen atoms in total. The van der Waals surface area contributed by atoms with Crippen LogP contribution >= 0.6 is 0 Å². The molecule has 0 aliphatic carbocycles. The molecular weight excluding hydrogens is 448 g/mol. The Balaban J connectivity index is 3.19. The van der Waals surface area contributed by atoms with Crippen LogP contribution in [0.1, 0.15) is 174 Å². The van der Waals surface area contributed by atoms with Crippen molar-refractivity contribution in [3.63, 3.8) is 0 Å². The van der Waals surface area contributed by atoms with Crippen molar-refractivity contribution < 1.29 is 19.1 Å². The minimum atomic E-state index is -0.0693. The number of esters is 2. The highest BCUT2D eigenvalue weighted by Gasteiger charge is 2.03. The number of rotatable bonds is 28. The first-order chi connectivity index (χ1) is 17.6. The zero-order valence-corrected chi connectivity index (χ0v) is 24.6. The summed E-state index contributed by atoms with van der Waals surface area (Å²) in [5.41, 5.74) is 0. The minimum absolute atomic E-state index is 0.0692. The Kier molecular flexibility index (Phi) is 27.7. The fraction of sp³-hybridized carbons (Fsp3) is 0.938. The van der Waals surface area contributed by atoms with Crippen molar-refractivity contribution in [3.05, 3.63) is 0 Å². The number of carbonyl (C=O) groups excluding carboxylic acids is 2. The van der Waals surface area contributed by atoms with Gasteiger partial charge in [-0.2, -0.15) is 0 Å². The number of methoxy groups -OCH3 is 2. The van der Waals surface area contributed by atoms with Gasteiger partial charge in [0.2, 0.25) is 0 Å². The average Bonchev–Trinajstić information content (AvgIpc) is 2.88. The molecule has 0 rings (SSSR count). The maximum atomic E-state index is 11.1. The Morgan fingerprint density at radius 2 is 0.639 bits per heavy atom. The first kappa shape index (κ1) is 34.9. The summed E-state index contributed by atoms with van der Waals surface area (Å²) >= 11 is 0. The fourth-order valence-electron chi connectivity index (χ4n) is 5.05. The molecule has 0 N–H and O–H groups in total. The molecule has 0 unspecified atom stereocenters. The Bertz CT molecular complexity index is 477. The van der Waals surface area contributed by atoms with Crippen LogP contribution in [-0.4, -0.2) is 26.2 Å². The van der Waals surface area contributed by atoms with Crippen LogP contribution in [0.25, 0.3) is 0 Å². The maximum absolute atomic E-state index is 11.1. The predicted molar refractivity (Wildman–Crippen MR) is 153 cm³/mol. The van der Waals surface area contributed by atoms with E-state index in [0.717, 1.165) is 31.6 Å². The Hall–Kier alpha value is -1.06. The summed E-state index contributed by atoms with van der Waals surface area (Å²) in [6.07, 6.45) is 33.1. The lowest BCUT2D eigenvalue weighted by Crippen LogP contribution is -1.99. The summed E-state index contributed by atoms with van der Waals surface area (Å²) < 4.78 is 9.34. The summed E-state index contributed by atoms with van der Waals surface area (Å²) in [5, 5.41) is 0. The largest absolute Gasteiger partial charge is 0.469 e. The topological polar surface area (TPSA) is 52.6 Å². The van der Waals surface area contributed by atoms with Crippen molar-refractivity contribution in [1.82, 2.24) is 0 Å². The second-order valence-corrected chi connectivity index (χ2v) is 11.1. The van der Waals surface area contributed by atoms with Crippen molar-refractivity contribution in [1.29, 1.82) is 0 Å². The van der Waals surface area contributed by atoms with Crippen LogP contribution in [0.15, 0.2) is 0 Å². The van der Waals surface area contributed by atoms with E-state index in [9.17, 15) is 9.59 Å². The summed E-state index contributed by atoms with van der Waals surface area (Å²) in [7, 11) is 2.94. The summed E-state index contributed by atoms with van der Waals surface area (Å²) in [5.74, 6) is 0.767. The van der Waals surface area contributed by atoms with Gasteiger partial charge in [0.25, 0.3) is 0 Å². The molecule has 4 heteroatoms. The van der Waals surface area contributed by atoms with E-state index in [1.54, 1.807) is 0 Å². The highest BCUT2D eigenvalue weighted by molar-refractivity contribution is 5.69. The van der Waals surface area contributed by atoms with Crippen LogP contribution in [0, 0.1) is 5.92 Å². The van der Waals surface area contributed by atoms with E-state index in [-0.39, 0.29) is 11.9 Å². The van der Waals surface area contributed by atoms with Crippen LogP contribution in [0.4, 0.5) is 0 Å². The molecule has 0 saturated carbocycles. The molecule has 0 fully saturated rings. The van der Waals surface area contributed by atoms with E-state index in [2.05, 4.69) is 16.4 Å². The molecular formula is C32H62O4. The molecule has 0 aromatic carbocycles. The third kappa shape index (κ3) is 27.5. The molecule has 0 heterocycles. The summed E-state index contributed by atoms with van der Waals surface area (Å²) in [4.78, 5) is 22.1. The highest BCUT2D eigenvalue weighted by atomic mass is 16.5. The predicted octanol–water partition coefficient (Wildman–Crippen LogP) is 10.1. The molecule has 1 atom stereocenters. The van der Waals surface area contributed by atoms with Gasteiger partial charge in [-0.25, -0.2) is 0 Å². The monoisotopic (exact) mass is 510 g/mol. The number of hydrogen-bond acceptors (Lipinski definition) is 4. The average molecular weight is 511 g/mol. The molecule has 0 radical (unpaired) electrons. The van der Waals surface area contributed by atoms with Crippen molar-refractivity contribution in [2.45, 2.75) is 174 Å². The molecule has 36 heavy (non-hydrogen) atoms. The second-order valence-electron chi connectivity index (χ2n) is 11.1. The van der Waals surface area contributed by atoms with Gasteiger partial charge in [0.1, 0.15) is 0 Å². The van der Waals surface area contributed by atoms with Gasteiger partial charge in [-0.1, -0.05) is 148 Å². The Morgan fingerprint density at radius 3 is 0.889 bits per heavy atom. The van der Waals surface area contributed by atoms with E-state index >= 15 is 0 Å². The second kappa shape index (κ2) is 28.5.